The molecule has 0 aliphatic carbocycles. The number of carbonyl (C=O) groups is 3. The minimum Gasteiger partial charge on any atom is -0.394 e. The van der Waals surface area contributed by atoms with Crippen LogP contribution in [0.3, 0.4) is 0 Å². The van der Waals surface area contributed by atoms with Crippen molar-refractivity contribution in [1.82, 2.24) is 4.90 Å². The zero-order chi connectivity index (χ0) is 29.3. The van der Waals surface area contributed by atoms with E-state index in [0.717, 1.165) is 25.2 Å². The highest BCUT2D eigenvalue weighted by Crippen LogP contribution is 2.59. The van der Waals surface area contributed by atoms with E-state index in [1.807, 2.05) is 56.3 Å². The van der Waals surface area contributed by atoms with Gasteiger partial charge in [0.1, 0.15) is 11.6 Å². The molecule has 2 bridgehead atoms. The number of benzene rings is 2. The molecule has 0 aromatic heterocycles. The van der Waals surface area contributed by atoms with E-state index in [2.05, 4.69) is 29.4 Å². The molecule has 0 saturated carbocycles. The number of hydrogen-bond donors (Lipinski definition) is 3. The molecule has 0 radical (unpaired) electrons. The van der Waals surface area contributed by atoms with Gasteiger partial charge >= 0.3 is 0 Å². The second-order valence-electron chi connectivity index (χ2n) is 11.5. The van der Waals surface area contributed by atoms with E-state index >= 15 is 0 Å². The van der Waals surface area contributed by atoms with Crippen LogP contribution in [-0.4, -0.2) is 71.2 Å². The van der Waals surface area contributed by atoms with Crippen LogP contribution >= 0.6 is 0 Å². The molecule has 3 amide bonds. The Morgan fingerprint density at radius 2 is 1.66 bits per heavy atom. The molecule has 2 unspecified atom stereocenters. The Balaban J connectivity index is 1.47. The van der Waals surface area contributed by atoms with Crippen LogP contribution in [0.1, 0.15) is 47.0 Å². The number of rotatable bonds is 11. The Labute approximate surface area is 242 Å². The van der Waals surface area contributed by atoms with E-state index in [1.165, 1.54) is 0 Å². The van der Waals surface area contributed by atoms with Gasteiger partial charge in [-0.1, -0.05) is 38.5 Å². The summed E-state index contributed by atoms with van der Waals surface area (Å²) in [6.45, 7) is 9.63. The molecule has 41 heavy (non-hydrogen) atoms. The zero-order valence-electron chi connectivity index (χ0n) is 24.4. The summed E-state index contributed by atoms with van der Waals surface area (Å²) in [6, 6.07) is 15.3. The maximum Gasteiger partial charge on any atom is 0.250 e. The highest BCUT2D eigenvalue weighted by atomic mass is 16.5. The topological polar surface area (TPSA) is 111 Å². The van der Waals surface area contributed by atoms with E-state index in [4.69, 9.17) is 4.74 Å². The van der Waals surface area contributed by atoms with Crippen LogP contribution in [0.4, 0.5) is 17.1 Å². The van der Waals surface area contributed by atoms with Gasteiger partial charge in [0.2, 0.25) is 17.7 Å². The lowest BCUT2D eigenvalue weighted by atomic mass is 9.70. The molecule has 220 valence electrons. The van der Waals surface area contributed by atoms with Crippen molar-refractivity contribution < 1.29 is 24.2 Å². The number of nitrogens with zero attached hydrogens (tertiary/aromatic N) is 2. The number of aliphatic hydroxyl groups is 1. The number of hydrogen-bond acceptors (Lipinski definition) is 6. The SMILES string of the molecule is CC[C@H](C)[C@H](CO)N1C(=O)[C@@H]2[C@H](C(=O)Nc3ccccc3)[C@@H]3CCC2(O3)C1C(=O)Nc1ccc(N(CC)CC)cc1. The lowest BCUT2D eigenvalue weighted by Gasteiger charge is -2.38. The van der Waals surface area contributed by atoms with Crippen LogP contribution in [0, 0.1) is 17.8 Å². The largest absolute Gasteiger partial charge is 0.394 e. The summed E-state index contributed by atoms with van der Waals surface area (Å²) in [4.78, 5) is 45.8. The number of likely N-dealkylation sites (tertiary alicyclic amines) is 1. The molecule has 3 N–H and O–H groups in total. The Morgan fingerprint density at radius 3 is 2.27 bits per heavy atom. The van der Waals surface area contributed by atoms with Crippen LogP contribution in [0.2, 0.25) is 0 Å². The first-order valence-corrected chi connectivity index (χ1v) is 14.9. The third kappa shape index (κ3) is 4.99. The van der Waals surface area contributed by atoms with Gasteiger partial charge in [-0.2, -0.15) is 0 Å². The van der Waals surface area contributed by atoms with Crippen molar-refractivity contribution in [2.45, 2.75) is 70.7 Å². The van der Waals surface area contributed by atoms with Crippen LogP contribution in [-0.2, 0) is 19.1 Å². The molecule has 5 rings (SSSR count). The molecular weight excluding hydrogens is 520 g/mol. The third-order valence-corrected chi connectivity index (χ3v) is 9.44. The number of para-hydroxylation sites is 1. The van der Waals surface area contributed by atoms with Gasteiger partial charge in [-0.05, 0) is 69.0 Å². The summed E-state index contributed by atoms with van der Waals surface area (Å²) in [7, 11) is 0. The highest BCUT2D eigenvalue weighted by molar-refractivity contribution is 6.05. The summed E-state index contributed by atoms with van der Waals surface area (Å²) in [5, 5.41) is 16.5. The van der Waals surface area contributed by atoms with Crippen LogP contribution in [0.5, 0.6) is 0 Å². The fourth-order valence-corrected chi connectivity index (χ4v) is 7.16. The maximum atomic E-state index is 14.3. The van der Waals surface area contributed by atoms with Crippen LogP contribution < -0.4 is 15.5 Å². The number of fused-ring (bicyclic) bond motifs is 1. The number of aliphatic hydroxyl groups excluding tert-OH is 1. The number of ether oxygens (including phenoxy) is 1. The zero-order valence-corrected chi connectivity index (χ0v) is 24.4. The van der Waals surface area contributed by atoms with Crippen molar-refractivity contribution in [3.63, 3.8) is 0 Å². The number of carbonyl (C=O) groups excluding carboxylic acids is 3. The molecule has 3 fully saturated rings. The van der Waals surface area contributed by atoms with Gasteiger partial charge in [0.05, 0.1) is 30.6 Å². The number of anilines is 3. The second kappa shape index (κ2) is 11.8. The van der Waals surface area contributed by atoms with Crippen LogP contribution in [0.25, 0.3) is 0 Å². The van der Waals surface area contributed by atoms with E-state index in [9.17, 15) is 19.5 Å². The Kier molecular flexibility index (Phi) is 8.38. The summed E-state index contributed by atoms with van der Waals surface area (Å²) in [5.74, 6) is -2.51. The van der Waals surface area contributed by atoms with Crippen molar-refractivity contribution in [2.24, 2.45) is 17.8 Å². The van der Waals surface area contributed by atoms with Gasteiger partial charge < -0.3 is 30.3 Å². The van der Waals surface area contributed by atoms with Crippen molar-refractivity contribution in [1.29, 1.82) is 0 Å². The lowest BCUT2D eigenvalue weighted by Crippen LogP contribution is -2.57. The van der Waals surface area contributed by atoms with Gasteiger partial charge in [-0.25, -0.2) is 0 Å². The van der Waals surface area contributed by atoms with Crippen molar-refractivity contribution in [3.8, 4) is 0 Å². The Morgan fingerprint density at radius 1 is 1.02 bits per heavy atom. The van der Waals surface area contributed by atoms with Crippen molar-refractivity contribution >= 4 is 34.8 Å². The van der Waals surface area contributed by atoms with Crippen molar-refractivity contribution in [2.75, 3.05) is 35.2 Å². The average Bonchev–Trinajstić information content (AvgIpc) is 3.63. The summed E-state index contributed by atoms with van der Waals surface area (Å²) in [6.07, 6.45) is 1.35. The van der Waals surface area contributed by atoms with Gasteiger partial charge in [0.15, 0.2) is 0 Å². The van der Waals surface area contributed by atoms with E-state index in [-0.39, 0.29) is 30.2 Å². The highest BCUT2D eigenvalue weighted by Gasteiger charge is 2.75. The van der Waals surface area contributed by atoms with Crippen molar-refractivity contribution in [3.05, 3.63) is 54.6 Å². The quantitative estimate of drug-likeness (QED) is 0.383. The molecule has 3 aliphatic rings. The lowest BCUT2D eigenvalue weighted by molar-refractivity contribution is -0.144. The van der Waals surface area contributed by atoms with Gasteiger partial charge in [0, 0.05) is 30.2 Å². The molecule has 9 nitrogen and oxygen atoms in total. The minimum absolute atomic E-state index is 0.0587. The first-order chi connectivity index (χ1) is 19.8. The van der Waals surface area contributed by atoms with Gasteiger partial charge in [-0.15, -0.1) is 0 Å². The molecule has 2 aromatic rings. The first kappa shape index (κ1) is 29.1. The molecule has 7 atom stereocenters. The fraction of sp³-hybridized carbons (Fsp3) is 0.531. The van der Waals surface area contributed by atoms with Gasteiger partial charge in [0.25, 0.3) is 0 Å². The second-order valence-corrected chi connectivity index (χ2v) is 11.5. The molecule has 3 aliphatic heterocycles. The summed E-state index contributed by atoms with van der Waals surface area (Å²) in [5.41, 5.74) is 1.19. The average molecular weight is 563 g/mol. The van der Waals surface area contributed by atoms with Gasteiger partial charge in [-0.3, -0.25) is 14.4 Å². The summed E-state index contributed by atoms with van der Waals surface area (Å²) < 4.78 is 6.54. The minimum atomic E-state index is -1.13. The monoisotopic (exact) mass is 562 g/mol. The summed E-state index contributed by atoms with van der Waals surface area (Å²) >= 11 is 0. The third-order valence-electron chi connectivity index (χ3n) is 9.44. The van der Waals surface area contributed by atoms with E-state index in [0.29, 0.717) is 24.2 Å². The Bertz CT molecular complexity index is 1250. The molecule has 1 spiro atoms. The molecular formula is C32H42N4O5. The maximum absolute atomic E-state index is 14.3. The fourth-order valence-electron chi connectivity index (χ4n) is 7.16. The number of amides is 3. The molecule has 3 heterocycles. The number of nitrogens with one attached hydrogen (secondary N) is 2. The normalized spacial score (nSPS) is 27.8. The molecule has 2 aromatic carbocycles. The van der Waals surface area contributed by atoms with E-state index in [1.54, 1.807) is 17.0 Å². The molecule has 9 heteroatoms. The predicted octanol–water partition coefficient (Wildman–Crippen LogP) is 3.89. The predicted molar refractivity (Wildman–Crippen MR) is 158 cm³/mol. The standard InChI is InChI=1S/C32H42N4O5/c1-5-20(4)24(19-37)36-28(30(39)34-22-13-15-23(16-14-22)35(6-2)7-3)32-18-17-25(41-32)26(27(32)31(36)40)29(38)33-21-11-9-8-10-12-21/h8-16,20,24-28,37H,5-7,17-19H2,1-4H3,(H,33,38)(H,34,39)/t20-,24-,25-,26+,27-,28?,32?/m0/s1. The van der Waals surface area contributed by atoms with Crippen LogP contribution in [0.15, 0.2) is 54.6 Å². The molecule has 3 saturated heterocycles. The van der Waals surface area contributed by atoms with E-state index < -0.39 is 35.6 Å². The first-order valence-electron chi connectivity index (χ1n) is 14.9. The Hall–Kier alpha value is -3.43. The smallest absolute Gasteiger partial charge is 0.250 e.